The number of para-hydroxylation sites is 2. The summed E-state index contributed by atoms with van der Waals surface area (Å²) in [7, 11) is 3.15. The standard InChI is InChI=1S/C23H24N2O5/c1-28-16-17-9-11-18(12-10-17)23(27)25(14-19-6-5-13-30-19)15-22(26)24-20-7-3-4-8-21(20)29-2/h3-13H,14-16H2,1-2H3,(H,24,26). The molecule has 7 heteroatoms. The topological polar surface area (TPSA) is 81.0 Å². The summed E-state index contributed by atoms with van der Waals surface area (Å²) in [5.41, 5.74) is 1.98. The molecule has 0 atom stereocenters. The molecule has 3 rings (SSSR count). The predicted molar refractivity (Wildman–Crippen MR) is 112 cm³/mol. The smallest absolute Gasteiger partial charge is 0.254 e. The lowest BCUT2D eigenvalue weighted by Crippen LogP contribution is -2.37. The van der Waals surface area contributed by atoms with Gasteiger partial charge in [0.2, 0.25) is 5.91 Å². The summed E-state index contributed by atoms with van der Waals surface area (Å²) in [6, 6.07) is 17.7. The minimum Gasteiger partial charge on any atom is -0.495 e. The zero-order valence-electron chi connectivity index (χ0n) is 17.0. The zero-order valence-corrected chi connectivity index (χ0v) is 17.0. The van der Waals surface area contributed by atoms with Crippen LogP contribution in [0, 0.1) is 0 Å². The van der Waals surface area contributed by atoms with Crippen LogP contribution >= 0.6 is 0 Å². The third-order valence-electron chi connectivity index (χ3n) is 4.44. The lowest BCUT2D eigenvalue weighted by atomic mass is 10.1. The second-order valence-corrected chi connectivity index (χ2v) is 6.62. The first-order valence-corrected chi connectivity index (χ1v) is 9.43. The summed E-state index contributed by atoms with van der Waals surface area (Å²) in [6.45, 7) is 0.494. The Bertz CT molecular complexity index is 968. The Balaban J connectivity index is 1.76. The normalized spacial score (nSPS) is 10.5. The highest BCUT2D eigenvalue weighted by Crippen LogP contribution is 2.23. The molecule has 0 aliphatic carbocycles. The van der Waals surface area contributed by atoms with Crippen molar-refractivity contribution in [1.82, 2.24) is 4.90 Å². The van der Waals surface area contributed by atoms with Gasteiger partial charge in [-0.2, -0.15) is 0 Å². The van der Waals surface area contributed by atoms with E-state index >= 15 is 0 Å². The first kappa shape index (κ1) is 21.1. The number of benzene rings is 2. The highest BCUT2D eigenvalue weighted by molar-refractivity contribution is 5.99. The summed E-state index contributed by atoms with van der Waals surface area (Å²) in [4.78, 5) is 27.2. The number of carbonyl (C=O) groups excluding carboxylic acids is 2. The third kappa shape index (κ3) is 5.48. The molecule has 1 N–H and O–H groups in total. The van der Waals surface area contributed by atoms with Crippen LogP contribution < -0.4 is 10.1 Å². The summed E-state index contributed by atoms with van der Waals surface area (Å²) in [5, 5.41) is 2.80. The fourth-order valence-electron chi connectivity index (χ4n) is 2.99. The van der Waals surface area contributed by atoms with Crippen molar-refractivity contribution >= 4 is 17.5 Å². The van der Waals surface area contributed by atoms with E-state index in [0.29, 0.717) is 29.4 Å². The highest BCUT2D eigenvalue weighted by atomic mass is 16.5. The fraction of sp³-hybridized carbons (Fsp3) is 0.217. The molecule has 30 heavy (non-hydrogen) atoms. The van der Waals surface area contributed by atoms with Gasteiger partial charge in [-0.05, 0) is 42.0 Å². The van der Waals surface area contributed by atoms with Crippen molar-refractivity contribution in [2.45, 2.75) is 13.2 Å². The molecule has 2 aromatic carbocycles. The van der Waals surface area contributed by atoms with Crippen LogP contribution in [0.15, 0.2) is 71.3 Å². The van der Waals surface area contributed by atoms with Crippen molar-refractivity contribution in [1.29, 1.82) is 0 Å². The van der Waals surface area contributed by atoms with Gasteiger partial charge in [0.1, 0.15) is 18.1 Å². The Morgan fingerprint density at radius 1 is 1.00 bits per heavy atom. The van der Waals surface area contributed by atoms with Crippen molar-refractivity contribution in [3.8, 4) is 5.75 Å². The molecular formula is C23H24N2O5. The number of methoxy groups -OCH3 is 2. The Kier molecular flexibility index (Phi) is 7.24. The molecule has 0 spiro atoms. The average molecular weight is 408 g/mol. The SMILES string of the molecule is COCc1ccc(C(=O)N(CC(=O)Nc2ccccc2OC)Cc2ccco2)cc1. The largest absolute Gasteiger partial charge is 0.495 e. The van der Waals surface area contributed by atoms with Crippen LogP contribution in [0.4, 0.5) is 5.69 Å². The van der Waals surface area contributed by atoms with Gasteiger partial charge in [-0.25, -0.2) is 0 Å². The van der Waals surface area contributed by atoms with Crippen LogP contribution in [0.2, 0.25) is 0 Å². The second-order valence-electron chi connectivity index (χ2n) is 6.62. The van der Waals surface area contributed by atoms with Crippen LogP contribution in [-0.2, 0) is 22.7 Å². The summed E-state index contributed by atoms with van der Waals surface area (Å²) < 4.78 is 15.7. The van der Waals surface area contributed by atoms with Gasteiger partial charge in [0.25, 0.3) is 5.91 Å². The highest BCUT2D eigenvalue weighted by Gasteiger charge is 2.21. The number of anilines is 1. The van der Waals surface area contributed by atoms with Gasteiger partial charge in [-0.1, -0.05) is 24.3 Å². The van der Waals surface area contributed by atoms with Crippen molar-refractivity contribution < 1.29 is 23.5 Å². The van der Waals surface area contributed by atoms with E-state index in [2.05, 4.69) is 5.32 Å². The maximum Gasteiger partial charge on any atom is 0.254 e. The maximum absolute atomic E-state index is 13.1. The molecule has 0 bridgehead atoms. The van der Waals surface area contributed by atoms with Crippen LogP contribution in [0.1, 0.15) is 21.7 Å². The number of carbonyl (C=O) groups is 2. The molecule has 2 amide bonds. The molecule has 0 saturated carbocycles. The Morgan fingerprint density at radius 3 is 2.43 bits per heavy atom. The molecule has 0 saturated heterocycles. The van der Waals surface area contributed by atoms with Crippen molar-refractivity contribution in [3.63, 3.8) is 0 Å². The second kappa shape index (κ2) is 10.3. The lowest BCUT2D eigenvalue weighted by molar-refractivity contribution is -0.117. The average Bonchev–Trinajstić information content (AvgIpc) is 3.27. The Morgan fingerprint density at radius 2 is 1.77 bits per heavy atom. The van der Waals surface area contributed by atoms with Crippen LogP contribution in [0.5, 0.6) is 5.75 Å². The van der Waals surface area contributed by atoms with Gasteiger partial charge >= 0.3 is 0 Å². The van der Waals surface area contributed by atoms with E-state index in [1.807, 2.05) is 18.2 Å². The minimum atomic E-state index is -0.338. The van der Waals surface area contributed by atoms with Gasteiger partial charge in [0.05, 0.1) is 32.2 Å². The lowest BCUT2D eigenvalue weighted by Gasteiger charge is -2.22. The van der Waals surface area contributed by atoms with Crippen LogP contribution in [0.25, 0.3) is 0 Å². The first-order chi connectivity index (χ1) is 14.6. The van der Waals surface area contributed by atoms with E-state index in [4.69, 9.17) is 13.9 Å². The van der Waals surface area contributed by atoms with Gasteiger partial charge in [0.15, 0.2) is 0 Å². The molecule has 1 heterocycles. The molecule has 1 aromatic heterocycles. The van der Waals surface area contributed by atoms with Crippen LogP contribution in [0.3, 0.4) is 0 Å². The number of amides is 2. The van der Waals surface area contributed by atoms with Crippen molar-refractivity contribution in [2.24, 2.45) is 0 Å². The summed E-state index contributed by atoms with van der Waals surface area (Å²) >= 11 is 0. The molecule has 0 aliphatic heterocycles. The number of hydrogen-bond donors (Lipinski definition) is 1. The van der Waals surface area contributed by atoms with E-state index < -0.39 is 0 Å². The molecule has 3 aromatic rings. The van der Waals surface area contributed by atoms with E-state index in [1.54, 1.807) is 49.6 Å². The maximum atomic E-state index is 13.1. The van der Waals surface area contributed by atoms with Crippen LogP contribution in [-0.4, -0.2) is 37.5 Å². The monoisotopic (exact) mass is 408 g/mol. The number of rotatable bonds is 9. The van der Waals surface area contributed by atoms with Crippen molar-refractivity contribution in [3.05, 3.63) is 83.8 Å². The van der Waals surface area contributed by atoms with Gasteiger partial charge in [-0.3, -0.25) is 9.59 Å². The quantitative estimate of drug-likeness (QED) is 0.584. The fourth-order valence-corrected chi connectivity index (χ4v) is 2.99. The summed E-state index contributed by atoms with van der Waals surface area (Å²) in [5.74, 6) is 0.522. The predicted octanol–water partition coefficient (Wildman–Crippen LogP) is 3.72. The Labute approximate surface area is 175 Å². The molecule has 7 nitrogen and oxygen atoms in total. The number of nitrogens with one attached hydrogen (secondary N) is 1. The van der Waals surface area contributed by atoms with Gasteiger partial charge in [-0.15, -0.1) is 0 Å². The van der Waals surface area contributed by atoms with Crippen molar-refractivity contribution in [2.75, 3.05) is 26.1 Å². The molecule has 156 valence electrons. The molecule has 0 fully saturated rings. The number of furan rings is 1. The molecule has 0 aliphatic rings. The number of ether oxygens (including phenoxy) is 2. The molecular weight excluding hydrogens is 384 g/mol. The minimum absolute atomic E-state index is 0.141. The van der Waals surface area contributed by atoms with E-state index in [0.717, 1.165) is 5.56 Å². The van der Waals surface area contributed by atoms with E-state index in [9.17, 15) is 9.59 Å². The Hall–Kier alpha value is -3.58. The molecule has 0 radical (unpaired) electrons. The summed E-state index contributed by atoms with van der Waals surface area (Å²) in [6.07, 6.45) is 1.53. The third-order valence-corrected chi connectivity index (χ3v) is 4.44. The number of nitrogens with zero attached hydrogens (tertiary/aromatic N) is 1. The zero-order chi connectivity index (χ0) is 21.3. The number of hydrogen-bond acceptors (Lipinski definition) is 5. The van der Waals surface area contributed by atoms with E-state index in [1.165, 1.54) is 18.3 Å². The van der Waals surface area contributed by atoms with E-state index in [-0.39, 0.29) is 24.9 Å². The molecule has 0 unspecified atom stereocenters. The first-order valence-electron chi connectivity index (χ1n) is 9.43. The van der Waals surface area contributed by atoms with Gasteiger partial charge in [0, 0.05) is 12.7 Å². The van der Waals surface area contributed by atoms with Gasteiger partial charge < -0.3 is 24.1 Å².